The summed E-state index contributed by atoms with van der Waals surface area (Å²) in [7, 11) is 0. The molecule has 2 aromatic rings. The fourth-order valence-electron chi connectivity index (χ4n) is 2.72. The minimum atomic E-state index is -0.671. The van der Waals surface area contributed by atoms with Crippen molar-refractivity contribution in [2.75, 3.05) is 11.4 Å². The number of para-hydroxylation sites is 1. The van der Waals surface area contributed by atoms with Crippen molar-refractivity contribution < 1.29 is 4.79 Å². The van der Waals surface area contributed by atoms with Gasteiger partial charge in [0.25, 0.3) is 0 Å². The number of benzene rings is 2. The molecule has 0 radical (unpaired) electrons. The van der Waals surface area contributed by atoms with E-state index in [9.17, 15) is 10.1 Å². The molecule has 1 amide bonds. The van der Waals surface area contributed by atoms with Crippen LogP contribution in [0.4, 0.5) is 5.69 Å². The Labute approximate surface area is 144 Å². The normalized spacial score (nSPS) is 11.8. The lowest BCUT2D eigenvalue weighted by atomic mass is 9.96. The number of amides is 1. The molecule has 0 aliphatic rings. The average Bonchev–Trinajstić information content (AvgIpc) is 2.61. The maximum atomic E-state index is 12.8. The van der Waals surface area contributed by atoms with E-state index in [1.165, 1.54) is 5.56 Å². The van der Waals surface area contributed by atoms with Crippen LogP contribution in [0, 0.1) is 17.2 Å². The van der Waals surface area contributed by atoms with Gasteiger partial charge in [0.15, 0.2) is 0 Å². The molecule has 0 aliphatic heterocycles. The van der Waals surface area contributed by atoms with E-state index in [4.69, 9.17) is 0 Å². The molecule has 0 saturated heterocycles. The van der Waals surface area contributed by atoms with Crippen molar-refractivity contribution in [3.05, 3.63) is 65.7 Å². The zero-order valence-corrected chi connectivity index (χ0v) is 14.6. The number of anilines is 1. The van der Waals surface area contributed by atoms with E-state index in [1.54, 1.807) is 4.90 Å². The Kier molecular flexibility index (Phi) is 6.14. The van der Waals surface area contributed by atoms with E-state index in [1.807, 2.05) is 49.4 Å². The molecule has 1 atom stereocenters. The van der Waals surface area contributed by atoms with Gasteiger partial charge in [0, 0.05) is 12.2 Å². The van der Waals surface area contributed by atoms with Crippen LogP contribution in [0.5, 0.6) is 0 Å². The minimum Gasteiger partial charge on any atom is -0.312 e. The van der Waals surface area contributed by atoms with E-state index in [0.717, 1.165) is 11.3 Å². The van der Waals surface area contributed by atoms with Crippen molar-refractivity contribution in [2.24, 2.45) is 5.92 Å². The molecule has 3 nitrogen and oxygen atoms in total. The first-order chi connectivity index (χ1) is 11.6. The molecule has 0 aromatic heterocycles. The molecule has 0 heterocycles. The van der Waals surface area contributed by atoms with E-state index in [2.05, 4.69) is 32.0 Å². The van der Waals surface area contributed by atoms with Crippen molar-refractivity contribution >= 4 is 11.6 Å². The highest BCUT2D eigenvalue weighted by Gasteiger charge is 2.24. The molecular formula is C21H24N2O. The Morgan fingerprint density at radius 2 is 1.71 bits per heavy atom. The van der Waals surface area contributed by atoms with Crippen molar-refractivity contribution in [2.45, 2.75) is 33.1 Å². The van der Waals surface area contributed by atoms with Crippen molar-refractivity contribution in [1.29, 1.82) is 5.26 Å². The van der Waals surface area contributed by atoms with Gasteiger partial charge in [-0.3, -0.25) is 4.79 Å². The third-order valence-corrected chi connectivity index (χ3v) is 4.19. The highest BCUT2D eigenvalue weighted by atomic mass is 16.2. The van der Waals surface area contributed by atoms with Gasteiger partial charge in [-0.15, -0.1) is 0 Å². The standard InChI is InChI=1S/C21H24N2O/c1-4-23(20-8-6-5-7-9-20)21(24)19(15-22)14-17-10-12-18(13-11-17)16(2)3/h5-13,16,19H,4,14H2,1-3H3. The second-order valence-electron chi connectivity index (χ2n) is 6.20. The van der Waals surface area contributed by atoms with Crippen LogP contribution in [0.25, 0.3) is 0 Å². The maximum absolute atomic E-state index is 12.8. The number of nitriles is 1. The molecular weight excluding hydrogens is 296 g/mol. The van der Waals surface area contributed by atoms with Gasteiger partial charge in [0.05, 0.1) is 6.07 Å². The van der Waals surface area contributed by atoms with Gasteiger partial charge in [-0.25, -0.2) is 0 Å². The van der Waals surface area contributed by atoms with Crippen molar-refractivity contribution in [1.82, 2.24) is 0 Å². The van der Waals surface area contributed by atoms with Crippen LogP contribution in [0.15, 0.2) is 54.6 Å². The minimum absolute atomic E-state index is 0.140. The second-order valence-corrected chi connectivity index (χ2v) is 6.20. The van der Waals surface area contributed by atoms with Crippen LogP contribution < -0.4 is 4.90 Å². The topological polar surface area (TPSA) is 44.1 Å². The van der Waals surface area contributed by atoms with Gasteiger partial charge in [0.1, 0.15) is 5.92 Å². The number of nitrogens with zero attached hydrogens (tertiary/aromatic N) is 2. The Bertz CT molecular complexity index is 699. The van der Waals surface area contributed by atoms with Crippen LogP contribution in [-0.2, 0) is 11.2 Å². The third-order valence-electron chi connectivity index (χ3n) is 4.19. The van der Waals surface area contributed by atoms with E-state index >= 15 is 0 Å². The van der Waals surface area contributed by atoms with Gasteiger partial charge in [-0.1, -0.05) is 56.3 Å². The van der Waals surface area contributed by atoms with Crippen LogP contribution in [0.1, 0.15) is 37.8 Å². The average molecular weight is 320 g/mol. The molecule has 124 valence electrons. The van der Waals surface area contributed by atoms with Gasteiger partial charge in [-0.05, 0) is 42.5 Å². The first-order valence-electron chi connectivity index (χ1n) is 8.41. The molecule has 3 heteroatoms. The molecule has 2 aromatic carbocycles. The summed E-state index contributed by atoms with van der Waals surface area (Å²) in [5, 5.41) is 9.49. The van der Waals surface area contributed by atoms with Gasteiger partial charge < -0.3 is 4.90 Å². The third kappa shape index (κ3) is 4.23. The van der Waals surface area contributed by atoms with Crippen molar-refractivity contribution in [3.8, 4) is 6.07 Å². The molecule has 0 fully saturated rings. The zero-order valence-electron chi connectivity index (χ0n) is 14.6. The lowest BCUT2D eigenvalue weighted by Gasteiger charge is -2.23. The fraction of sp³-hybridized carbons (Fsp3) is 0.333. The molecule has 0 saturated carbocycles. The summed E-state index contributed by atoms with van der Waals surface area (Å²) >= 11 is 0. The van der Waals surface area contributed by atoms with E-state index in [0.29, 0.717) is 18.9 Å². The van der Waals surface area contributed by atoms with Crippen LogP contribution >= 0.6 is 0 Å². The molecule has 0 N–H and O–H groups in total. The number of hydrogen-bond donors (Lipinski definition) is 0. The lowest BCUT2D eigenvalue weighted by Crippen LogP contribution is -2.36. The molecule has 0 aliphatic carbocycles. The predicted octanol–water partition coefficient (Wildman–Crippen LogP) is 4.55. The highest BCUT2D eigenvalue weighted by Crippen LogP contribution is 2.20. The summed E-state index contributed by atoms with van der Waals surface area (Å²) in [6, 6.07) is 19.9. The largest absolute Gasteiger partial charge is 0.312 e. The highest BCUT2D eigenvalue weighted by molar-refractivity contribution is 5.96. The first kappa shape index (κ1) is 17.7. The molecule has 1 unspecified atom stereocenters. The Morgan fingerprint density at radius 3 is 2.21 bits per heavy atom. The molecule has 2 rings (SSSR count). The van der Waals surface area contributed by atoms with Crippen LogP contribution in [0.2, 0.25) is 0 Å². The smallest absolute Gasteiger partial charge is 0.244 e. The summed E-state index contributed by atoms with van der Waals surface area (Å²) in [5.41, 5.74) is 3.11. The monoisotopic (exact) mass is 320 g/mol. The summed E-state index contributed by atoms with van der Waals surface area (Å²) in [6.45, 7) is 6.77. The SMILES string of the molecule is CCN(C(=O)C(C#N)Cc1ccc(C(C)C)cc1)c1ccccc1. The van der Waals surface area contributed by atoms with E-state index < -0.39 is 5.92 Å². The van der Waals surface area contributed by atoms with Crippen molar-refractivity contribution in [3.63, 3.8) is 0 Å². The summed E-state index contributed by atoms with van der Waals surface area (Å²) in [4.78, 5) is 14.5. The summed E-state index contributed by atoms with van der Waals surface area (Å²) < 4.78 is 0. The number of rotatable bonds is 6. The second kappa shape index (κ2) is 8.31. The number of carbonyl (C=O) groups is 1. The predicted molar refractivity (Wildman–Crippen MR) is 97.8 cm³/mol. The number of hydrogen-bond acceptors (Lipinski definition) is 2. The van der Waals surface area contributed by atoms with Gasteiger partial charge in [-0.2, -0.15) is 5.26 Å². The zero-order chi connectivity index (χ0) is 17.5. The fourth-order valence-corrected chi connectivity index (χ4v) is 2.72. The first-order valence-corrected chi connectivity index (χ1v) is 8.41. The lowest BCUT2D eigenvalue weighted by molar-refractivity contribution is -0.120. The molecule has 0 spiro atoms. The van der Waals surface area contributed by atoms with Gasteiger partial charge in [0.2, 0.25) is 5.91 Å². The number of carbonyl (C=O) groups excluding carboxylic acids is 1. The summed E-state index contributed by atoms with van der Waals surface area (Å²) in [5.74, 6) is -0.338. The Hall–Kier alpha value is -2.60. The van der Waals surface area contributed by atoms with Crippen LogP contribution in [0.3, 0.4) is 0 Å². The maximum Gasteiger partial charge on any atom is 0.244 e. The summed E-state index contributed by atoms with van der Waals surface area (Å²) in [6.07, 6.45) is 0.442. The molecule has 24 heavy (non-hydrogen) atoms. The Balaban J connectivity index is 2.15. The quantitative estimate of drug-likeness (QED) is 0.784. The van der Waals surface area contributed by atoms with Gasteiger partial charge >= 0.3 is 0 Å². The molecule has 0 bridgehead atoms. The van der Waals surface area contributed by atoms with Crippen LogP contribution in [-0.4, -0.2) is 12.5 Å². The van der Waals surface area contributed by atoms with E-state index in [-0.39, 0.29) is 5.91 Å². The Morgan fingerprint density at radius 1 is 1.08 bits per heavy atom.